The number of hydrogen-bond acceptors (Lipinski definition) is 5. The number of ether oxygens (including phenoxy) is 1. The minimum atomic E-state index is -0.674. The highest BCUT2D eigenvalue weighted by Gasteiger charge is 2.33. The molecule has 0 radical (unpaired) electrons. The first kappa shape index (κ1) is 17.4. The normalized spacial score (nSPS) is 19.9. The van der Waals surface area contributed by atoms with E-state index in [2.05, 4.69) is 21.4 Å². The van der Waals surface area contributed by atoms with E-state index >= 15 is 0 Å². The van der Waals surface area contributed by atoms with Crippen LogP contribution in [0.15, 0.2) is 18.2 Å². The van der Waals surface area contributed by atoms with Crippen molar-refractivity contribution in [1.82, 2.24) is 10.2 Å². The number of carbonyl (C=O) groups is 3. The smallest absolute Gasteiger partial charge is 0.307 e. The average Bonchev–Trinajstić information content (AvgIpc) is 3.05. The van der Waals surface area contributed by atoms with Crippen LogP contribution in [0.2, 0.25) is 0 Å². The number of rotatable bonds is 5. The summed E-state index contributed by atoms with van der Waals surface area (Å²) in [4.78, 5) is 37.7. The van der Waals surface area contributed by atoms with Crippen LogP contribution >= 0.6 is 0 Å². The number of carbonyl (C=O) groups excluding carboxylic acids is 3. The van der Waals surface area contributed by atoms with Crippen molar-refractivity contribution >= 4 is 23.5 Å². The van der Waals surface area contributed by atoms with Crippen LogP contribution in [0.25, 0.3) is 0 Å². The Morgan fingerprint density at radius 2 is 2.12 bits per heavy atom. The molecule has 1 aromatic carbocycles. The van der Waals surface area contributed by atoms with Crippen molar-refractivity contribution in [1.29, 1.82) is 0 Å². The Morgan fingerprint density at radius 3 is 2.92 bits per heavy atom. The number of methoxy groups -OCH3 is 1. The van der Waals surface area contributed by atoms with E-state index in [1.54, 1.807) is 4.90 Å². The molecule has 7 heteroatoms. The molecule has 0 aromatic heterocycles. The molecule has 2 aliphatic rings. The molecule has 0 bridgehead atoms. The van der Waals surface area contributed by atoms with Gasteiger partial charge in [-0.3, -0.25) is 19.3 Å². The maximum Gasteiger partial charge on any atom is 0.307 e. The summed E-state index contributed by atoms with van der Waals surface area (Å²) in [6.45, 7) is 1.04. The fourth-order valence-electron chi connectivity index (χ4n) is 3.45. The van der Waals surface area contributed by atoms with Crippen molar-refractivity contribution in [3.63, 3.8) is 0 Å². The lowest BCUT2D eigenvalue weighted by molar-refractivity contribution is -0.146. The number of nitrogens with one attached hydrogen (secondary N) is 2. The van der Waals surface area contributed by atoms with Gasteiger partial charge in [0.2, 0.25) is 11.8 Å². The summed E-state index contributed by atoms with van der Waals surface area (Å²) < 4.78 is 4.65. The Labute approximate surface area is 146 Å². The minimum Gasteiger partial charge on any atom is -0.469 e. The lowest BCUT2D eigenvalue weighted by Crippen LogP contribution is -2.57. The molecule has 1 aromatic rings. The number of hydrogen-bond donors (Lipinski definition) is 2. The van der Waals surface area contributed by atoms with E-state index in [0.29, 0.717) is 13.1 Å². The first-order valence-corrected chi connectivity index (χ1v) is 8.57. The van der Waals surface area contributed by atoms with Crippen LogP contribution in [0, 0.1) is 0 Å². The lowest BCUT2D eigenvalue weighted by Gasteiger charge is -2.33. The summed E-state index contributed by atoms with van der Waals surface area (Å²) in [5.74, 6) is -0.907. The molecule has 1 atom stereocenters. The molecule has 1 fully saturated rings. The minimum absolute atomic E-state index is 0.0611. The second kappa shape index (κ2) is 7.65. The molecule has 1 aliphatic carbocycles. The zero-order chi connectivity index (χ0) is 17.8. The van der Waals surface area contributed by atoms with Crippen LogP contribution in [0.1, 0.15) is 24.0 Å². The van der Waals surface area contributed by atoms with Gasteiger partial charge in [0.1, 0.15) is 6.04 Å². The third kappa shape index (κ3) is 4.17. The predicted molar refractivity (Wildman–Crippen MR) is 92.1 cm³/mol. The van der Waals surface area contributed by atoms with Crippen LogP contribution in [0.4, 0.5) is 5.69 Å². The summed E-state index contributed by atoms with van der Waals surface area (Å²) in [7, 11) is 1.29. The molecule has 0 unspecified atom stereocenters. The molecular weight excluding hydrogens is 322 g/mol. The first-order chi connectivity index (χ1) is 12.1. The van der Waals surface area contributed by atoms with Crippen molar-refractivity contribution in [3.05, 3.63) is 29.3 Å². The van der Waals surface area contributed by atoms with Crippen molar-refractivity contribution in [2.45, 2.75) is 31.7 Å². The number of fused-ring (bicyclic) bond motifs is 1. The molecule has 0 spiro atoms. The molecule has 25 heavy (non-hydrogen) atoms. The zero-order valence-corrected chi connectivity index (χ0v) is 14.3. The third-order valence-electron chi connectivity index (χ3n) is 4.76. The monoisotopic (exact) mass is 345 g/mol. The molecule has 1 heterocycles. The zero-order valence-electron chi connectivity index (χ0n) is 14.3. The second-order valence-corrected chi connectivity index (χ2v) is 6.44. The number of aryl methyl sites for hydroxylation is 2. The Hall–Kier alpha value is -2.41. The standard InChI is InChI=1S/C18H23N3O4/c1-25-17(23)10-15-18(24)19-7-8-21(15)11-16(22)20-14-6-5-12-3-2-4-13(12)9-14/h5-6,9,15H,2-4,7-8,10-11H2,1H3,(H,19,24)(H,20,22)/t15-/m1/s1. The number of amides is 2. The number of esters is 1. The van der Waals surface area contributed by atoms with Crippen LogP contribution < -0.4 is 10.6 Å². The van der Waals surface area contributed by atoms with Gasteiger partial charge in [0, 0.05) is 18.8 Å². The lowest BCUT2D eigenvalue weighted by atomic mass is 10.1. The average molecular weight is 345 g/mol. The van der Waals surface area contributed by atoms with Gasteiger partial charge in [-0.15, -0.1) is 0 Å². The Kier molecular flexibility index (Phi) is 5.33. The molecule has 7 nitrogen and oxygen atoms in total. The molecule has 3 rings (SSSR count). The van der Waals surface area contributed by atoms with E-state index in [-0.39, 0.29) is 24.8 Å². The molecule has 0 saturated carbocycles. The molecule has 1 saturated heterocycles. The second-order valence-electron chi connectivity index (χ2n) is 6.44. The van der Waals surface area contributed by atoms with Gasteiger partial charge in [-0.25, -0.2) is 0 Å². The summed E-state index contributed by atoms with van der Waals surface area (Å²) in [5, 5.41) is 5.62. The van der Waals surface area contributed by atoms with Gasteiger partial charge < -0.3 is 15.4 Å². The highest BCUT2D eigenvalue weighted by atomic mass is 16.5. The summed E-state index contributed by atoms with van der Waals surface area (Å²) in [5.41, 5.74) is 3.42. The Bertz CT molecular complexity index is 689. The van der Waals surface area contributed by atoms with Gasteiger partial charge >= 0.3 is 5.97 Å². The van der Waals surface area contributed by atoms with Crippen LogP contribution in [-0.2, 0) is 32.0 Å². The maximum atomic E-state index is 12.4. The van der Waals surface area contributed by atoms with Gasteiger partial charge in [-0.2, -0.15) is 0 Å². The van der Waals surface area contributed by atoms with Gasteiger partial charge in [-0.05, 0) is 42.5 Å². The number of nitrogens with zero attached hydrogens (tertiary/aromatic N) is 1. The van der Waals surface area contributed by atoms with E-state index in [0.717, 1.165) is 24.9 Å². The summed E-state index contributed by atoms with van der Waals surface area (Å²) in [6, 6.07) is 5.32. The fraction of sp³-hybridized carbons (Fsp3) is 0.500. The topological polar surface area (TPSA) is 87.7 Å². The molecule has 2 amide bonds. The van der Waals surface area contributed by atoms with E-state index in [1.165, 1.54) is 18.2 Å². The van der Waals surface area contributed by atoms with Crippen molar-refractivity contribution < 1.29 is 19.1 Å². The van der Waals surface area contributed by atoms with E-state index in [1.807, 2.05) is 12.1 Å². The van der Waals surface area contributed by atoms with Crippen molar-refractivity contribution in [3.8, 4) is 0 Å². The Balaban J connectivity index is 1.62. The van der Waals surface area contributed by atoms with Crippen LogP contribution in [0.3, 0.4) is 0 Å². The highest BCUT2D eigenvalue weighted by molar-refractivity contribution is 5.93. The van der Waals surface area contributed by atoms with Gasteiger partial charge in [0.05, 0.1) is 20.1 Å². The third-order valence-corrected chi connectivity index (χ3v) is 4.76. The van der Waals surface area contributed by atoms with E-state index in [9.17, 15) is 14.4 Å². The predicted octanol–water partition coefficient (Wildman–Crippen LogP) is 0.477. The van der Waals surface area contributed by atoms with Crippen molar-refractivity contribution in [2.75, 3.05) is 32.1 Å². The number of benzene rings is 1. The quantitative estimate of drug-likeness (QED) is 0.758. The SMILES string of the molecule is COC(=O)C[C@@H]1C(=O)NCCN1CC(=O)Nc1ccc2c(c1)CCC2. The highest BCUT2D eigenvalue weighted by Crippen LogP contribution is 2.24. The van der Waals surface area contributed by atoms with Crippen LogP contribution in [0.5, 0.6) is 0 Å². The molecule has 134 valence electrons. The molecular formula is C18H23N3O4. The number of anilines is 1. The summed E-state index contributed by atoms with van der Waals surface area (Å²) in [6.07, 6.45) is 3.24. The molecule has 2 N–H and O–H groups in total. The Morgan fingerprint density at radius 1 is 1.32 bits per heavy atom. The van der Waals surface area contributed by atoms with Gasteiger partial charge in [0.25, 0.3) is 0 Å². The number of piperazine rings is 1. The maximum absolute atomic E-state index is 12.4. The molecule has 1 aliphatic heterocycles. The fourth-order valence-corrected chi connectivity index (χ4v) is 3.45. The van der Waals surface area contributed by atoms with Gasteiger partial charge in [0.15, 0.2) is 0 Å². The van der Waals surface area contributed by atoms with E-state index in [4.69, 9.17) is 0 Å². The summed E-state index contributed by atoms with van der Waals surface area (Å²) >= 11 is 0. The van der Waals surface area contributed by atoms with Crippen molar-refractivity contribution in [2.24, 2.45) is 0 Å². The van der Waals surface area contributed by atoms with Gasteiger partial charge in [-0.1, -0.05) is 6.07 Å². The largest absolute Gasteiger partial charge is 0.469 e. The first-order valence-electron chi connectivity index (χ1n) is 8.57. The van der Waals surface area contributed by atoms with Crippen LogP contribution in [-0.4, -0.2) is 55.5 Å². The van der Waals surface area contributed by atoms with E-state index < -0.39 is 12.0 Å².